The third-order valence-corrected chi connectivity index (χ3v) is 2.36. The van der Waals surface area contributed by atoms with Gasteiger partial charge in [0.2, 0.25) is 0 Å². The molecule has 0 fully saturated rings. The lowest BCUT2D eigenvalue weighted by molar-refractivity contribution is 0.512. The second kappa shape index (κ2) is 4.22. The lowest BCUT2D eigenvalue weighted by atomic mass is 10.1. The Labute approximate surface area is 101 Å². The van der Waals surface area contributed by atoms with Gasteiger partial charge in [0.25, 0.3) is 0 Å². The molecule has 0 radical (unpaired) electrons. The average molecular weight is 228 g/mol. The number of aryl methyl sites for hydroxylation is 1. The van der Waals surface area contributed by atoms with Gasteiger partial charge in [-0.3, -0.25) is 4.98 Å². The Kier molecular flexibility index (Phi) is 2.90. The molecule has 0 saturated heterocycles. The van der Waals surface area contributed by atoms with Crippen molar-refractivity contribution in [2.75, 3.05) is 0 Å². The number of nitrogens with two attached hydrogens (primary N) is 1. The summed E-state index contributed by atoms with van der Waals surface area (Å²) in [4.78, 5) is 13.1. The SMILES string of the molecule is Cc1cc(-c2ccccn2)nc(C(C)(C)N)n1. The van der Waals surface area contributed by atoms with Crippen molar-refractivity contribution in [1.29, 1.82) is 0 Å². The highest BCUT2D eigenvalue weighted by Gasteiger charge is 2.19. The van der Waals surface area contributed by atoms with Gasteiger partial charge in [0.05, 0.1) is 16.9 Å². The van der Waals surface area contributed by atoms with Gasteiger partial charge in [-0.05, 0) is 39.0 Å². The molecule has 0 aromatic carbocycles. The van der Waals surface area contributed by atoms with E-state index in [1.807, 2.05) is 45.0 Å². The fourth-order valence-corrected chi connectivity index (χ4v) is 1.50. The zero-order chi connectivity index (χ0) is 12.5. The molecule has 0 atom stereocenters. The Balaban J connectivity index is 2.54. The predicted octanol–water partition coefficient (Wildman–Crippen LogP) is 2.04. The molecule has 4 nitrogen and oxygen atoms in total. The van der Waals surface area contributed by atoms with Crippen LogP contribution in [0.15, 0.2) is 30.5 Å². The molecular weight excluding hydrogens is 212 g/mol. The molecule has 17 heavy (non-hydrogen) atoms. The minimum atomic E-state index is -0.546. The van der Waals surface area contributed by atoms with Gasteiger partial charge in [-0.2, -0.15) is 0 Å². The number of nitrogens with zero attached hydrogens (tertiary/aromatic N) is 3. The summed E-state index contributed by atoms with van der Waals surface area (Å²) in [6.45, 7) is 5.72. The predicted molar refractivity (Wildman–Crippen MR) is 67.2 cm³/mol. The monoisotopic (exact) mass is 228 g/mol. The first-order valence-corrected chi connectivity index (χ1v) is 5.53. The zero-order valence-electron chi connectivity index (χ0n) is 10.3. The molecule has 0 aliphatic rings. The van der Waals surface area contributed by atoms with Crippen LogP contribution < -0.4 is 5.73 Å². The average Bonchev–Trinajstić information content (AvgIpc) is 2.28. The third kappa shape index (κ3) is 2.65. The normalized spacial score (nSPS) is 11.5. The first-order chi connectivity index (χ1) is 7.97. The van der Waals surface area contributed by atoms with Crippen molar-refractivity contribution in [3.8, 4) is 11.4 Å². The molecule has 2 heterocycles. The maximum atomic E-state index is 6.03. The Morgan fingerprint density at radius 3 is 2.47 bits per heavy atom. The summed E-state index contributed by atoms with van der Waals surface area (Å²) in [5.41, 5.74) is 8.03. The molecule has 4 heteroatoms. The van der Waals surface area contributed by atoms with Gasteiger partial charge in [0.1, 0.15) is 5.82 Å². The zero-order valence-corrected chi connectivity index (χ0v) is 10.3. The van der Waals surface area contributed by atoms with E-state index in [0.29, 0.717) is 5.82 Å². The van der Waals surface area contributed by atoms with Crippen LogP contribution in [0.5, 0.6) is 0 Å². The molecule has 88 valence electrons. The minimum absolute atomic E-state index is 0.546. The molecule has 2 aromatic rings. The van der Waals surface area contributed by atoms with Gasteiger partial charge >= 0.3 is 0 Å². The number of hydrogen-bond acceptors (Lipinski definition) is 4. The first kappa shape index (κ1) is 11.7. The van der Waals surface area contributed by atoms with Gasteiger partial charge in [0.15, 0.2) is 0 Å². The number of rotatable bonds is 2. The van der Waals surface area contributed by atoms with Crippen LogP contribution in [0.3, 0.4) is 0 Å². The number of pyridine rings is 1. The van der Waals surface area contributed by atoms with E-state index in [2.05, 4.69) is 15.0 Å². The second-order valence-corrected chi connectivity index (χ2v) is 4.65. The topological polar surface area (TPSA) is 64.7 Å². The van der Waals surface area contributed by atoms with E-state index in [1.54, 1.807) is 6.20 Å². The fourth-order valence-electron chi connectivity index (χ4n) is 1.50. The smallest absolute Gasteiger partial charge is 0.148 e. The van der Waals surface area contributed by atoms with E-state index in [0.717, 1.165) is 17.1 Å². The van der Waals surface area contributed by atoms with Crippen molar-refractivity contribution in [1.82, 2.24) is 15.0 Å². The molecule has 0 saturated carbocycles. The van der Waals surface area contributed by atoms with E-state index in [-0.39, 0.29) is 0 Å². The molecule has 0 aliphatic heterocycles. The summed E-state index contributed by atoms with van der Waals surface area (Å²) in [7, 11) is 0. The largest absolute Gasteiger partial charge is 0.319 e. The van der Waals surface area contributed by atoms with E-state index in [4.69, 9.17) is 5.73 Å². The maximum absolute atomic E-state index is 6.03. The van der Waals surface area contributed by atoms with Crippen molar-refractivity contribution in [3.05, 3.63) is 42.0 Å². The van der Waals surface area contributed by atoms with E-state index in [1.165, 1.54) is 0 Å². The third-order valence-electron chi connectivity index (χ3n) is 2.36. The molecule has 0 bridgehead atoms. The van der Waals surface area contributed by atoms with Gasteiger partial charge in [-0.1, -0.05) is 6.07 Å². The lowest BCUT2D eigenvalue weighted by Crippen LogP contribution is -2.31. The summed E-state index contributed by atoms with van der Waals surface area (Å²) in [6, 6.07) is 7.66. The Morgan fingerprint density at radius 2 is 1.88 bits per heavy atom. The highest BCUT2D eigenvalue weighted by molar-refractivity contribution is 5.54. The molecule has 2 aromatic heterocycles. The van der Waals surface area contributed by atoms with Crippen molar-refractivity contribution in [2.45, 2.75) is 26.3 Å². The van der Waals surface area contributed by atoms with Crippen molar-refractivity contribution < 1.29 is 0 Å². The van der Waals surface area contributed by atoms with Crippen LogP contribution in [-0.2, 0) is 5.54 Å². The van der Waals surface area contributed by atoms with E-state index >= 15 is 0 Å². The quantitative estimate of drug-likeness (QED) is 0.854. The minimum Gasteiger partial charge on any atom is -0.319 e. The van der Waals surface area contributed by atoms with Gasteiger partial charge in [-0.25, -0.2) is 9.97 Å². The Bertz CT molecular complexity index is 515. The van der Waals surface area contributed by atoms with Crippen LogP contribution in [0.2, 0.25) is 0 Å². The lowest BCUT2D eigenvalue weighted by Gasteiger charge is -2.17. The van der Waals surface area contributed by atoms with Crippen LogP contribution in [-0.4, -0.2) is 15.0 Å². The van der Waals surface area contributed by atoms with Gasteiger partial charge < -0.3 is 5.73 Å². The molecule has 0 amide bonds. The number of hydrogen-bond donors (Lipinski definition) is 1. The molecule has 2 rings (SSSR count). The first-order valence-electron chi connectivity index (χ1n) is 5.53. The molecule has 2 N–H and O–H groups in total. The molecular formula is C13H16N4. The van der Waals surface area contributed by atoms with Crippen LogP contribution >= 0.6 is 0 Å². The van der Waals surface area contributed by atoms with Crippen LogP contribution in [0.4, 0.5) is 0 Å². The summed E-state index contributed by atoms with van der Waals surface area (Å²) in [5.74, 6) is 0.637. The fraction of sp³-hybridized carbons (Fsp3) is 0.308. The van der Waals surface area contributed by atoms with Crippen molar-refractivity contribution >= 4 is 0 Å². The summed E-state index contributed by atoms with van der Waals surface area (Å²) in [6.07, 6.45) is 1.75. The molecule has 0 unspecified atom stereocenters. The Morgan fingerprint density at radius 1 is 1.12 bits per heavy atom. The van der Waals surface area contributed by atoms with Crippen molar-refractivity contribution in [2.24, 2.45) is 5.73 Å². The summed E-state index contributed by atoms with van der Waals surface area (Å²) < 4.78 is 0. The van der Waals surface area contributed by atoms with E-state index in [9.17, 15) is 0 Å². The second-order valence-electron chi connectivity index (χ2n) is 4.65. The standard InChI is InChI=1S/C13H16N4/c1-9-8-11(10-6-4-5-7-15-10)17-12(16-9)13(2,3)14/h4-8H,14H2,1-3H3. The molecule has 0 spiro atoms. The van der Waals surface area contributed by atoms with E-state index < -0.39 is 5.54 Å². The van der Waals surface area contributed by atoms with Gasteiger partial charge in [-0.15, -0.1) is 0 Å². The van der Waals surface area contributed by atoms with Crippen LogP contribution in [0.25, 0.3) is 11.4 Å². The maximum Gasteiger partial charge on any atom is 0.148 e. The highest BCUT2D eigenvalue weighted by Crippen LogP contribution is 2.19. The summed E-state index contributed by atoms with van der Waals surface area (Å²) in [5, 5.41) is 0. The number of aromatic nitrogens is 3. The highest BCUT2D eigenvalue weighted by atomic mass is 15.0. The van der Waals surface area contributed by atoms with Crippen LogP contribution in [0.1, 0.15) is 25.4 Å². The van der Waals surface area contributed by atoms with Gasteiger partial charge in [0, 0.05) is 11.9 Å². The summed E-state index contributed by atoms with van der Waals surface area (Å²) >= 11 is 0. The van der Waals surface area contributed by atoms with Crippen LogP contribution in [0, 0.1) is 6.92 Å². The van der Waals surface area contributed by atoms with Crippen molar-refractivity contribution in [3.63, 3.8) is 0 Å². The molecule has 0 aliphatic carbocycles. The Hall–Kier alpha value is -1.81.